The number of thiophene rings is 1. The summed E-state index contributed by atoms with van der Waals surface area (Å²) >= 11 is 6.93. The van der Waals surface area contributed by atoms with Crippen molar-refractivity contribution in [3.05, 3.63) is 80.1 Å². The summed E-state index contributed by atoms with van der Waals surface area (Å²) < 4.78 is 16.1. The highest BCUT2D eigenvalue weighted by Gasteiger charge is 2.12. The number of rotatable bonds is 7. The number of hydrogen-bond donors (Lipinski definition) is 3. The average Bonchev–Trinajstić information content (AvgIpc) is 3.12. The highest BCUT2D eigenvalue weighted by atomic mass is 35.5. The summed E-state index contributed by atoms with van der Waals surface area (Å²) in [6.45, 7) is 0.0352. The lowest BCUT2D eigenvalue weighted by Crippen LogP contribution is -2.35. The van der Waals surface area contributed by atoms with E-state index in [-0.39, 0.29) is 30.2 Å². The number of carbonyl (C=O) groups is 1. The zero-order chi connectivity index (χ0) is 20.1. The summed E-state index contributed by atoms with van der Waals surface area (Å²) in [5.74, 6) is -0.891. The Bertz CT molecular complexity index is 1040. The van der Waals surface area contributed by atoms with E-state index in [0.717, 1.165) is 11.3 Å². The standard InChI is InChI=1S/C19H17ClFN3O3S/c20-17-7-6-16(28-17)19(27)23-11-13(25)10-22-15-5-4-12(9-14(15)21)24-8-2-1-3-18(24)26/h1-9,13,22,25H,10-11H2,(H,23,27)/t13-/m1/s1. The maximum absolute atomic E-state index is 14.3. The van der Waals surface area contributed by atoms with Gasteiger partial charge < -0.3 is 15.7 Å². The summed E-state index contributed by atoms with van der Waals surface area (Å²) in [7, 11) is 0. The molecule has 146 valence electrons. The van der Waals surface area contributed by atoms with Gasteiger partial charge in [-0.15, -0.1) is 11.3 Å². The predicted molar refractivity (Wildman–Crippen MR) is 108 cm³/mol. The van der Waals surface area contributed by atoms with Gasteiger partial charge in [-0.05, 0) is 30.3 Å². The maximum atomic E-state index is 14.3. The minimum Gasteiger partial charge on any atom is -0.389 e. The monoisotopic (exact) mass is 421 g/mol. The van der Waals surface area contributed by atoms with Crippen LogP contribution in [0.15, 0.2) is 59.5 Å². The van der Waals surface area contributed by atoms with Crippen LogP contribution in [0.5, 0.6) is 0 Å². The largest absolute Gasteiger partial charge is 0.389 e. The molecule has 1 aromatic carbocycles. The van der Waals surface area contributed by atoms with Crippen LogP contribution in [0.2, 0.25) is 4.34 Å². The summed E-state index contributed by atoms with van der Waals surface area (Å²) in [6.07, 6.45) is 0.632. The predicted octanol–water partition coefficient (Wildman–Crippen LogP) is 2.89. The number of halogens is 2. The van der Waals surface area contributed by atoms with Gasteiger partial charge in [0.15, 0.2) is 0 Å². The summed E-state index contributed by atoms with van der Waals surface area (Å²) in [6, 6.07) is 12.2. The molecular weight excluding hydrogens is 405 g/mol. The molecule has 0 spiro atoms. The molecule has 2 aromatic heterocycles. The molecule has 0 saturated heterocycles. The Kier molecular flexibility index (Phi) is 6.45. The number of aromatic nitrogens is 1. The number of hydrogen-bond acceptors (Lipinski definition) is 5. The van der Waals surface area contributed by atoms with Crippen molar-refractivity contribution >= 4 is 34.5 Å². The van der Waals surface area contributed by atoms with Crippen LogP contribution in [0.3, 0.4) is 0 Å². The first-order valence-electron chi connectivity index (χ1n) is 8.37. The molecule has 1 atom stereocenters. The van der Waals surface area contributed by atoms with Gasteiger partial charge in [0.25, 0.3) is 11.5 Å². The van der Waals surface area contributed by atoms with E-state index in [9.17, 15) is 19.1 Å². The molecular formula is C19H17ClFN3O3S. The number of pyridine rings is 1. The third-order valence-electron chi connectivity index (χ3n) is 3.88. The first-order chi connectivity index (χ1) is 13.4. The van der Waals surface area contributed by atoms with E-state index in [1.54, 1.807) is 36.5 Å². The van der Waals surface area contributed by atoms with Crippen LogP contribution < -0.4 is 16.2 Å². The Morgan fingerprint density at radius 1 is 1.21 bits per heavy atom. The van der Waals surface area contributed by atoms with E-state index in [0.29, 0.717) is 14.9 Å². The molecule has 2 heterocycles. The minimum atomic E-state index is -0.921. The van der Waals surface area contributed by atoms with Crippen LogP contribution in [-0.2, 0) is 0 Å². The zero-order valence-electron chi connectivity index (χ0n) is 14.6. The van der Waals surface area contributed by atoms with Gasteiger partial charge in [-0.2, -0.15) is 0 Å². The highest BCUT2D eigenvalue weighted by Crippen LogP contribution is 2.21. The SMILES string of the molecule is O=C(NC[C@H](O)CNc1ccc(-n2ccccc2=O)cc1F)c1ccc(Cl)s1. The zero-order valence-corrected chi connectivity index (χ0v) is 16.1. The molecule has 9 heteroatoms. The van der Waals surface area contributed by atoms with Gasteiger partial charge in [-0.1, -0.05) is 17.7 Å². The number of nitrogens with one attached hydrogen (secondary N) is 2. The number of benzene rings is 1. The van der Waals surface area contributed by atoms with Crippen LogP contribution in [0.4, 0.5) is 10.1 Å². The Labute approximate surface area is 169 Å². The van der Waals surface area contributed by atoms with Crippen molar-refractivity contribution in [3.8, 4) is 5.69 Å². The Balaban J connectivity index is 1.55. The van der Waals surface area contributed by atoms with E-state index < -0.39 is 11.9 Å². The molecule has 6 nitrogen and oxygen atoms in total. The normalized spacial score (nSPS) is 11.8. The maximum Gasteiger partial charge on any atom is 0.261 e. The second-order valence-electron chi connectivity index (χ2n) is 5.92. The van der Waals surface area contributed by atoms with E-state index >= 15 is 0 Å². The van der Waals surface area contributed by atoms with E-state index in [1.807, 2.05) is 0 Å². The molecule has 0 aliphatic carbocycles. The van der Waals surface area contributed by atoms with E-state index in [2.05, 4.69) is 10.6 Å². The van der Waals surface area contributed by atoms with Crippen LogP contribution in [0, 0.1) is 5.82 Å². The molecule has 1 amide bonds. The van der Waals surface area contributed by atoms with Gasteiger partial charge in [0.1, 0.15) is 5.82 Å². The second kappa shape index (κ2) is 9.01. The van der Waals surface area contributed by atoms with Crippen molar-refractivity contribution in [1.82, 2.24) is 9.88 Å². The first-order valence-corrected chi connectivity index (χ1v) is 9.56. The number of aliphatic hydroxyl groups excluding tert-OH is 1. The third-order valence-corrected chi connectivity index (χ3v) is 5.11. The summed E-state index contributed by atoms with van der Waals surface area (Å²) in [5, 5.41) is 15.4. The molecule has 0 saturated carbocycles. The topological polar surface area (TPSA) is 83.4 Å². The van der Waals surface area contributed by atoms with Crippen LogP contribution in [0.25, 0.3) is 5.69 Å². The van der Waals surface area contributed by atoms with E-state index in [4.69, 9.17) is 11.6 Å². The second-order valence-corrected chi connectivity index (χ2v) is 7.64. The van der Waals surface area contributed by atoms with Gasteiger partial charge in [0, 0.05) is 31.4 Å². The molecule has 0 fully saturated rings. The molecule has 0 aliphatic rings. The molecule has 0 bridgehead atoms. The fourth-order valence-electron chi connectivity index (χ4n) is 2.47. The van der Waals surface area contributed by atoms with Crippen molar-refractivity contribution in [2.45, 2.75) is 6.10 Å². The number of nitrogens with zero attached hydrogens (tertiary/aromatic N) is 1. The van der Waals surface area contributed by atoms with Crippen molar-refractivity contribution in [2.75, 3.05) is 18.4 Å². The molecule has 3 rings (SSSR count). The number of aliphatic hydroxyl groups is 1. The molecule has 0 unspecified atom stereocenters. The number of anilines is 1. The Hall–Kier alpha value is -2.68. The van der Waals surface area contributed by atoms with Gasteiger partial charge in [-0.25, -0.2) is 4.39 Å². The fourth-order valence-corrected chi connectivity index (χ4v) is 3.43. The molecule has 0 aliphatic heterocycles. The van der Waals surface area contributed by atoms with Crippen molar-refractivity contribution < 1.29 is 14.3 Å². The minimum absolute atomic E-state index is 0.000460. The molecule has 0 radical (unpaired) electrons. The lowest BCUT2D eigenvalue weighted by Gasteiger charge is -2.14. The van der Waals surface area contributed by atoms with Gasteiger partial charge >= 0.3 is 0 Å². The molecule has 3 N–H and O–H groups in total. The fraction of sp³-hybridized carbons (Fsp3) is 0.158. The van der Waals surface area contributed by atoms with Crippen molar-refractivity contribution in [3.63, 3.8) is 0 Å². The molecule has 3 aromatic rings. The lowest BCUT2D eigenvalue weighted by atomic mass is 10.2. The third kappa shape index (κ3) is 4.98. The number of carbonyl (C=O) groups excluding carboxylic acids is 1. The first kappa shape index (κ1) is 20.1. The Morgan fingerprint density at radius 3 is 2.71 bits per heavy atom. The Morgan fingerprint density at radius 2 is 2.04 bits per heavy atom. The highest BCUT2D eigenvalue weighted by molar-refractivity contribution is 7.17. The van der Waals surface area contributed by atoms with Crippen molar-refractivity contribution in [1.29, 1.82) is 0 Å². The van der Waals surface area contributed by atoms with E-state index in [1.165, 1.54) is 22.8 Å². The smallest absolute Gasteiger partial charge is 0.261 e. The molecule has 28 heavy (non-hydrogen) atoms. The lowest BCUT2D eigenvalue weighted by molar-refractivity contribution is 0.0926. The van der Waals surface area contributed by atoms with Gasteiger partial charge in [-0.3, -0.25) is 14.2 Å². The van der Waals surface area contributed by atoms with Crippen molar-refractivity contribution in [2.24, 2.45) is 0 Å². The van der Waals surface area contributed by atoms with Gasteiger partial charge in [0.2, 0.25) is 0 Å². The summed E-state index contributed by atoms with van der Waals surface area (Å²) in [4.78, 5) is 24.2. The number of amides is 1. The van der Waals surface area contributed by atoms with Crippen LogP contribution in [-0.4, -0.2) is 34.8 Å². The average molecular weight is 422 g/mol. The van der Waals surface area contributed by atoms with Crippen LogP contribution in [0.1, 0.15) is 9.67 Å². The quantitative estimate of drug-likeness (QED) is 0.547. The van der Waals surface area contributed by atoms with Gasteiger partial charge in [0.05, 0.1) is 26.7 Å². The van der Waals surface area contributed by atoms with Crippen LogP contribution >= 0.6 is 22.9 Å². The summed E-state index contributed by atoms with van der Waals surface area (Å²) in [5.41, 5.74) is 0.319.